The Balaban J connectivity index is 2.64. The molecule has 1 N–H and O–H groups in total. The van der Waals surface area contributed by atoms with Crippen LogP contribution in [0.3, 0.4) is 0 Å². The molecule has 0 aliphatic carbocycles. The number of alkyl halides is 1. The van der Waals surface area contributed by atoms with E-state index in [1.807, 2.05) is 6.07 Å². The Kier molecular flexibility index (Phi) is 4.81. The molecule has 16 heavy (non-hydrogen) atoms. The highest BCUT2D eigenvalue weighted by Crippen LogP contribution is 2.18. The minimum Gasteiger partial charge on any atom is -0.351 e. The second-order valence-corrected chi connectivity index (χ2v) is 5.43. The number of amides is 1. The van der Waals surface area contributed by atoms with Gasteiger partial charge in [-0.2, -0.15) is 0 Å². The van der Waals surface area contributed by atoms with Crippen molar-refractivity contribution in [3.63, 3.8) is 0 Å². The Morgan fingerprint density at radius 1 is 1.44 bits per heavy atom. The molecule has 88 valence electrons. The summed E-state index contributed by atoms with van der Waals surface area (Å²) in [6.07, 6.45) is 0. The first-order valence-electron chi connectivity index (χ1n) is 5.05. The molecule has 0 radical (unpaired) electrons. The first-order valence-corrected chi connectivity index (χ1v) is 6.55. The van der Waals surface area contributed by atoms with E-state index in [-0.39, 0.29) is 11.3 Å². The molecule has 1 amide bonds. The Morgan fingerprint density at radius 3 is 2.62 bits per heavy atom. The third-order valence-corrected chi connectivity index (χ3v) is 4.06. The van der Waals surface area contributed by atoms with Gasteiger partial charge in [-0.15, -0.1) is 0 Å². The zero-order chi connectivity index (χ0) is 12.2. The van der Waals surface area contributed by atoms with Crippen molar-refractivity contribution in [2.45, 2.75) is 13.8 Å². The molecule has 0 saturated carbocycles. The maximum Gasteiger partial charge on any atom is 0.252 e. The van der Waals surface area contributed by atoms with Crippen molar-refractivity contribution in [1.82, 2.24) is 5.32 Å². The lowest BCUT2D eigenvalue weighted by atomic mass is 9.97. The van der Waals surface area contributed by atoms with Gasteiger partial charge in [0.05, 0.1) is 10.6 Å². The zero-order valence-electron chi connectivity index (χ0n) is 9.39. The summed E-state index contributed by atoms with van der Waals surface area (Å²) < 4.78 is 0. The number of benzene rings is 1. The highest BCUT2D eigenvalue weighted by Gasteiger charge is 2.18. The molecular weight excluding hydrogens is 289 g/mol. The summed E-state index contributed by atoms with van der Waals surface area (Å²) in [6.45, 7) is 4.77. The van der Waals surface area contributed by atoms with Crippen LogP contribution < -0.4 is 5.32 Å². The molecule has 2 nitrogen and oxygen atoms in total. The van der Waals surface area contributed by atoms with Gasteiger partial charge in [-0.3, -0.25) is 4.79 Å². The lowest BCUT2D eigenvalue weighted by Gasteiger charge is -2.21. The molecule has 0 unspecified atom stereocenters. The van der Waals surface area contributed by atoms with E-state index in [0.717, 1.165) is 5.33 Å². The van der Waals surface area contributed by atoms with Crippen molar-refractivity contribution in [2.75, 3.05) is 11.9 Å². The van der Waals surface area contributed by atoms with Gasteiger partial charge in [-0.05, 0) is 17.5 Å². The Morgan fingerprint density at radius 2 is 2.06 bits per heavy atom. The first-order chi connectivity index (χ1) is 7.46. The van der Waals surface area contributed by atoms with E-state index in [2.05, 4.69) is 35.1 Å². The maximum atomic E-state index is 11.8. The second-order valence-electron chi connectivity index (χ2n) is 4.46. The van der Waals surface area contributed by atoms with Crippen LogP contribution in [0.5, 0.6) is 0 Å². The maximum absolute atomic E-state index is 11.8. The van der Waals surface area contributed by atoms with Gasteiger partial charge in [0.25, 0.3) is 5.91 Å². The summed E-state index contributed by atoms with van der Waals surface area (Å²) in [5.41, 5.74) is 0.561. The predicted molar refractivity (Wildman–Crippen MR) is 71.4 cm³/mol. The van der Waals surface area contributed by atoms with E-state index in [9.17, 15) is 4.79 Å². The van der Waals surface area contributed by atoms with Crippen LogP contribution in [0.1, 0.15) is 24.2 Å². The Hall–Kier alpha value is -0.540. The van der Waals surface area contributed by atoms with Crippen LogP contribution in [-0.2, 0) is 0 Å². The van der Waals surface area contributed by atoms with Gasteiger partial charge < -0.3 is 5.32 Å². The molecule has 1 aromatic rings. The molecule has 0 aliphatic heterocycles. The summed E-state index contributed by atoms with van der Waals surface area (Å²) >= 11 is 9.35. The number of nitrogens with one attached hydrogen (secondary N) is 1. The predicted octanol–water partition coefficient (Wildman–Crippen LogP) is 3.49. The monoisotopic (exact) mass is 303 g/mol. The smallest absolute Gasteiger partial charge is 0.252 e. The number of rotatable bonds is 4. The van der Waals surface area contributed by atoms with E-state index in [0.29, 0.717) is 17.1 Å². The van der Waals surface area contributed by atoms with Gasteiger partial charge in [0, 0.05) is 11.9 Å². The molecule has 1 rings (SSSR count). The molecule has 0 heterocycles. The average Bonchev–Trinajstić information content (AvgIpc) is 2.27. The minimum absolute atomic E-state index is 0.0386. The molecule has 1 aromatic carbocycles. The normalized spacial score (nSPS) is 11.2. The van der Waals surface area contributed by atoms with Crippen LogP contribution in [0.15, 0.2) is 24.3 Å². The van der Waals surface area contributed by atoms with E-state index < -0.39 is 0 Å². The van der Waals surface area contributed by atoms with Crippen LogP contribution in [-0.4, -0.2) is 17.8 Å². The van der Waals surface area contributed by atoms with Crippen LogP contribution in [0.25, 0.3) is 0 Å². The lowest BCUT2D eigenvalue weighted by Crippen LogP contribution is -2.35. The number of hydrogen-bond acceptors (Lipinski definition) is 1. The van der Waals surface area contributed by atoms with Gasteiger partial charge in [0.15, 0.2) is 0 Å². The molecule has 4 heteroatoms. The number of hydrogen-bond donors (Lipinski definition) is 1. The van der Waals surface area contributed by atoms with E-state index in [4.69, 9.17) is 11.6 Å². The van der Waals surface area contributed by atoms with Gasteiger partial charge in [0.2, 0.25) is 0 Å². The van der Waals surface area contributed by atoms with Gasteiger partial charge in [-0.1, -0.05) is 53.5 Å². The third-order valence-electron chi connectivity index (χ3n) is 2.21. The minimum atomic E-state index is -0.125. The van der Waals surface area contributed by atoms with E-state index >= 15 is 0 Å². The average molecular weight is 305 g/mol. The lowest BCUT2D eigenvalue weighted by molar-refractivity contribution is 0.0940. The first kappa shape index (κ1) is 13.5. The van der Waals surface area contributed by atoms with Crippen LogP contribution in [0.2, 0.25) is 5.02 Å². The van der Waals surface area contributed by atoms with Crippen LogP contribution in [0, 0.1) is 5.41 Å². The van der Waals surface area contributed by atoms with Crippen LogP contribution >= 0.6 is 27.5 Å². The van der Waals surface area contributed by atoms with Gasteiger partial charge in [-0.25, -0.2) is 0 Å². The van der Waals surface area contributed by atoms with Gasteiger partial charge in [0.1, 0.15) is 0 Å². The summed E-state index contributed by atoms with van der Waals surface area (Å²) in [6, 6.07) is 7.04. The van der Waals surface area contributed by atoms with E-state index in [1.54, 1.807) is 18.2 Å². The molecule has 0 spiro atoms. The van der Waals surface area contributed by atoms with Crippen molar-refractivity contribution >= 4 is 33.4 Å². The summed E-state index contributed by atoms with van der Waals surface area (Å²) in [4.78, 5) is 11.8. The number of carbonyl (C=O) groups excluding carboxylic acids is 1. The molecule has 0 aliphatic rings. The number of carbonyl (C=O) groups is 1. The van der Waals surface area contributed by atoms with Crippen molar-refractivity contribution in [2.24, 2.45) is 5.41 Å². The summed E-state index contributed by atoms with van der Waals surface area (Å²) in [5, 5.41) is 4.20. The highest BCUT2D eigenvalue weighted by molar-refractivity contribution is 9.09. The Bertz CT molecular complexity index is 379. The third kappa shape index (κ3) is 3.80. The van der Waals surface area contributed by atoms with Crippen LogP contribution in [0.4, 0.5) is 0 Å². The molecule has 0 fully saturated rings. The SMILES string of the molecule is CC(C)(CBr)CNC(=O)c1ccccc1Cl. The summed E-state index contributed by atoms with van der Waals surface area (Å²) in [5.74, 6) is -0.125. The summed E-state index contributed by atoms with van der Waals surface area (Å²) in [7, 11) is 0. The van der Waals surface area contributed by atoms with Crippen molar-refractivity contribution in [1.29, 1.82) is 0 Å². The quantitative estimate of drug-likeness (QED) is 0.848. The largest absolute Gasteiger partial charge is 0.351 e. The second kappa shape index (κ2) is 5.69. The fraction of sp³-hybridized carbons (Fsp3) is 0.417. The Labute approximate surface area is 110 Å². The topological polar surface area (TPSA) is 29.1 Å². The standard InChI is InChI=1S/C12H15BrClNO/c1-12(2,7-13)8-15-11(16)9-5-3-4-6-10(9)14/h3-6H,7-8H2,1-2H3,(H,15,16). The number of halogens is 2. The molecule has 0 saturated heterocycles. The van der Waals surface area contributed by atoms with Crippen molar-refractivity contribution in [3.8, 4) is 0 Å². The molecule has 0 atom stereocenters. The highest BCUT2D eigenvalue weighted by atomic mass is 79.9. The molecule has 0 aromatic heterocycles. The molecule has 0 bridgehead atoms. The fourth-order valence-electron chi connectivity index (χ4n) is 1.11. The van der Waals surface area contributed by atoms with Crippen molar-refractivity contribution < 1.29 is 4.79 Å². The van der Waals surface area contributed by atoms with Gasteiger partial charge >= 0.3 is 0 Å². The van der Waals surface area contributed by atoms with E-state index in [1.165, 1.54) is 0 Å². The molecular formula is C12H15BrClNO. The fourth-order valence-corrected chi connectivity index (χ4v) is 1.53. The zero-order valence-corrected chi connectivity index (χ0v) is 11.7. The van der Waals surface area contributed by atoms with Crippen molar-refractivity contribution in [3.05, 3.63) is 34.9 Å².